The molecule has 0 bridgehead atoms. The molecule has 2 N–H and O–H groups in total. The van der Waals surface area contributed by atoms with Gasteiger partial charge in [-0.3, -0.25) is 4.79 Å². The molecule has 1 heterocycles. The molecule has 0 radical (unpaired) electrons. The Hall–Kier alpha value is -1.31. The number of amides is 1. The standard InChI is InChI=1S/C16H25N3O3S.ClH/c1-23(21,22)18-11-10-15-9-5-6-12-19(15)16(20)13-17-14-7-3-2-4-8-14;/h2-4,7-8,15,17-18H,5-6,9-13H2,1H3;1H. The number of carbonyl (C=O) groups excluding carboxylic acids is 1. The molecule has 1 atom stereocenters. The fraction of sp³-hybridized carbons (Fsp3) is 0.562. The van der Waals surface area contributed by atoms with Gasteiger partial charge in [-0.15, -0.1) is 12.4 Å². The summed E-state index contributed by atoms with van der Waals surface area (Å²) in [5, 5.41) is 3.14. The van der Waals surface area contributed by atoms with Crippen LogP contribution in [0.3, 0.4) is 0 Å². The number of benzene rings is 1. The Kier molecular flexibility index (Phi) is 8.52. The first-order valence-electron chi connectivity index (χ1n) is 7.99. The molecule has 0 aromatic heterocycles. The van der Waals surface area contributed by atoms with E-state index in [4.69, 9.17) is 0 Å². The molecule has 2 rings (SSSR count). The average Bonchev–Trinajstić information content (AvgIpc) is 2.53. The van der Waals surface area contributed by atoms with Crippen LogP contribution in [0.15, 0.2) is 30.3 Å². The zero-order valence-electron chi connectivity index (χ0n) is 13.9. The normalized spacial score (nSPS) is 17.9. The van der Waals surface area contributed by atoms with E-state index in [9.17, 15) is 13.2 Å². The third kappa shape index (κ3) is 7.07. The van der Waals surface area contributed by atoms with Gasteiger partial charge in [0.05, 0.1) is 12.8 Å². The number of nitrogens with zero attached hydrogens (tertiary/aromatic N) is 1. The lowest BCUT2D eigenvalue weighted by atomic mass is 9.99. The summed E-state index contributed by atoms with van der Waals surface area (Å²) in [7, 11) is -3.17. The Morgan fingerprint density at radius 2 is 1.96 bits per heavy atom. The maximum Gasteiger partial charge on any atom is 0.242 e. The Morgan fingerprint density at radius 3 is 2.62 bits per heavy atom. The van der Waals surface area contributed by atoms with E-state index in [0.29, 0.717) is 13.0 Å². The van der Waals surface area contributed by atoms with Gasteiger partial charge in [-0.25, -0.2) is 13.1 Å². The first-order chi connectivity index (χ1) is 11.0. The predicted molar refractivity (Wildman–Crippen MR) is 99.0 cm³/mol. The van der Waals surface area contributed by atoms with Crippen LogP contribution < -0.4 is 10.0 Å². The van der Waals surface area contributed by atoms with Crippen LogP contribution in [0, 0.1) is 0 Å². The largest absolute Gasteiger partial charge is 0.376 e. The van der Waals surface area contributed by atoms with Crippen molar-refractivity contribution in [2.24, 2.45) is 0 Å². The number of anilines is 1. The number of rotatable bonds is 7. The van der Waals surface area contributed by atoms with Gasteiger partial charge in [0.1, 0.15) is 0 Å². The molecule has 0 spiro atoms. The van der Waals surface area contributed by atoms with Gasteiger partial charge in [0.25, 0.3) is 0 Å². The number of carbonyl (C=O) groups is 1. The fourth-order valence-corrected chi connectivity index (χ4v) is 3.36. The van der Waals surface area contributed by atoms with E-state index in [2.05, 4.69) is 10.0 Å². The third-order valence-corrected chi connectivity index (χ3v) is 4.74. The Labute approximate surface area is 150 Å². The molecular formula is C16H26ClN3O3S. The van der Waals surface area contributed by atoms with Crippen LogP contribution >= 0.6 is 12.4 Å². The summed E-state index contributed by atoms with van der Waals surface area (Å²) in [5.41, 5.74) is 0.924. The molecule has 6 nitrogen and oxygen atoms in total. The van der Waals surface area contributed by atoms with Crippen molar-refractivity contribution in [2.45, 2.75) is 31.7 Å². The number of halogens is 1. The minimum Gasteiger partial charge on any atom is -0.376 e. The first-order valence-corrected chi connectivity index (χ1v) is 9.88. The molecule has 1 amide bonds. The molecule has 8 heteroatoms. The lowest BCUT2D eigenvalue weighted by Gasteiger charge is -2.36. The highest BCUT2D eigenvalue weighted by Crippen LogP contribution is 2.19. The highest BCUT2D eigenvalue weighted by molar-refractivity contribution is 7.88. The van der Waals surface area contributed by atoms with Crippen molar-refractivity contribution in [3.63, 3.8) is 0 Å². The van der Waals surface area contributed by atoms with Crippen LogP contribution in [-0.4, -0.2) is 51.2 Å². The van der Waals surface area contributed by atoms with Crippen LogP contribution in [-0.2, 0) is 14.8 Å². The first kappa shape index (κ1) is 20.7. The van der Waals surface area contributed by atoms with Crippen LogP contribution in [0.5, 0.6) is 0 Å². The molecule has 1 aliphatic rings. The highest BCUT2D eigenvalue weighted by Gasteiger charge is 2.26. The van der Waals surface area contributed by atoms with E-state index in [0.717, 1.165) is 37.8 Å². The molecule has 1 aromatic rings. The molecule has 1 unspecified atom stereocenters. The van der Waals surface area contributed by atoms with Gasteiger partial charge in [0.15, 0.2) is 0 Å². The van der Waals surface area contributed by atoms with Crippen molar-refractivity contribution < 1.29 is 13.2 Å². The summed E-state index contributed by atoms with van der Waals surface area (Å²) in [6.07, 6.45) is 4.83. The lowest BCUT2D eigenvalue weighted by molar-refractivity contribution is -0.133. The SMILES string of the molecule is CS(=O)(=O)NCCC1CCCCN1C(=O)CNc1ccccc1.Cl. The van der Waals surface area contributed by atoms with Crippen LogP contribution in [0.4, 0.5) is 5.69 Å². The number of likely N-dealkylation sites (tertiary alicyclic amines) is 1. The van der Waals surface area contributed by atoms with Gasteiger partial charge in [-0.2, -0.15) is 0 Å². The maximum absolute atomic E-state index is 12.5. The topological polar surface area (TPSA) is 78.5 Å². The summed E-state index contributed by atoms with van der Waals surface area (Å²) in [6.45, 7) is 1.39. The van der Waals surface area contributed by atoms with Gasteiger partial charge in [-0.05, 0) is 37.8 Å². The molecule has 1 saturated heterocycles. The third-order valence-electron chi connectivity index (χ3n) is 4.01. The molecular weight excluding hydrogens is 350 g/mol. The second kappa shape index (κ2) is 9.86. The molecule has 24 heavy (non-hydrogen) atoms. The van der Waals surface area contributed by atoms with Gasteiger partial charge in [-0.1, -0.05) is 18.2 Å². The molecule has 1 fully saturated rings. The quantitative estimate of drug-likeness (QED) is 0.762. The van der Waals surface area contributed by atoms with E-state index >= 15 is 0 Å². The second-order valence-corrected chi connectivity index (χ2v) is 7.74. The number of piperidine rings is 1. The fourth-order valence-electron chi connectivity index (χ4n) is 2.88. The number of hydrogen-bond donors (Lipinski definition) is 2. The summed E-state index contributed by atoms with van der Waals surface area (Å²) in [6, 6.07) is 9.75. The maximum atomic E-state index is 12.5. The summed E-state index contributed by atoms with van der Waals surface area (Å²) >= 11 is 0. The van der Waals surface area contributed by atoms with Crippen molar-refractivity contribution in [3.8, 4) is 0 Å². The van der Waals surface area contributed by atoms with Gasteiger partial charge in [0, 0.05) is 24.8 Å². The van der Waals surface area contributed by atoms with E-state index < -0.39 is 10.0 Å². The van der Waals surface area contributed by atoms with E-state index in [1.54, 1.807) is 0 Å². The lowest BCUT2D eigenvalue weighted by Crippen LogP contribution is -2.47. The molecule has 1 aromatic carbocycles. The van der Waals surface area contributed by atoms with E-state index in [1.807, 2.05) is 35.2 Å². The summed E-state index contributed by atoms with van der Waals surface area (Å²) in [4.78, 5) is 14.4. The van der Waals surface area contributed by atoms with Crippen LogP contribution in [0.1, 0.15) is 25.7 Å². The van der Waals surface area contributed by atoms with Crippen LogP contribution in [0.2, 0.25) is 0 Å². The summed E-state index contributed by atoms with van der Waals surface area (Å²) in [5.74, 6) is 0.0675. The Morgan fingerprint density at radius 1 is 1.25 bits per heavy atom. The van der Waals surface area contributed by atoms with Gasteiger partial charge >= 0.3 is 0 Å². The minimum absolute atomic E-state index is 0. The minimum atomic E-state index is -3.17. The highest BCUT2D eigenvalue weighted by atomic mass is 35.5. The van der Waals surface area contributed by atoms with Crippen molar-refractivity contribution in [1.82, 2.24) is 9.62 Å². The van der Waals surface area contributed by atoms with Crippen molar-refractivity contribution in [2.75, 3.05) is 31.2 Å². The second-order valence-electron chi connectivity index (χ2n) is 5.91. The van der Waals surface area contributed by atoms with Crippen molar-refractivity contribution in [3.05, 3.63) is 30.3 Å². The predicted octanol–water partition coefficient (Wildman–Crippen LogP) is 1.84. The van der Waals surface area contributed by atoms with E-state index in [-0.39, 0.29) is 30.9 Å². The smallest absolute Gasteiger partial charge is 0.242 e. The Bertz CT molecular complexity index is 610. The number of sulfonamides is 1. The zero-order valence-corrected chi connectivity index (χ0v) is 15.5. The van der Waals surface area contributed by atoms with Crippen molar-refractivity contribution in [1.29, 1.82) is 0 Å². The molecule has 1 aliphatic heterocycles. The zero-order chi connectivity index (χ0) is 16.7. The summed E-state index contributed by atoms with van der Waals surface area (Å²) < 4.78 is 24.8. The Balaban J connectivity index is 0.00000288. The average molecular weight is 376 g/mol. The molecule has 136 valence electrons. The monoisotopic (exact) mass is 375 g/mol. The number of para-hydroxylation sites is 1. The van der Waals surface area contributed by atoms with E-state index in [1.165, 1.54) is 0 Å². The van der Waals surface area contributed by atoms with Gasteiger partial charge in [0.2, 0.25) is 15.9 Å². The molecule has 0 aliphatic carbocycles. The number of nitrogens with one attached hydrogen (secondary N) is 2. The molecule has 0 saturated carbocycles. The van der Waals surface area contributed by atoms with Crippen LogP contribution in [0.25, 0.3) is 0 Å². The van der Waals surface area contributed by atoms with Crippen molar-refractivity contribution >= 4 is 34.0 Å². The van der Waals surface area contributed by atoms with Gasteiger partial charge < -0.3 is 10.2 Å². The number of hydrogen-bond acceptors (Lipinski definition) is 4.